The molecule has 0 amide bonds. The second-order valence-electron chi connectivity index (χ2n) is 7.03. The first-order valence-electron chi connectivity index (χ1n) is 8.28. The van der Waals surface area contributed by atoms with Crippen molar-refractivity contribution >= 4 is 29.2 Å². The minimum atomic E-state index is -0.207. The number of aromatic amines is 1. The predicted octanol–water partition coefficient (Wildman–Crippen LogP) is 5.24. The zero-order chi connectivity index (χ0) is 18.0. The van der Waals surface area contributed by atoms with E-state index in [1.54, 1.807) is 6.08 Å². The molecule has 0 saturated heterocycles. The summed E-state index contributed by atoms with van der Waals surface area (Å²) in [7, 11) is 0. The van der Waals surface area contributed by atoms with Crippen LogP contribution in [0.1, 0.15) is 30.7 Å². The van der Waals surface area contributed by atoms with Crippen molar-refractivity contribution in [3.05, 3.63) is 70.0 Å². The Labute approximate surface area is 158 Å². The maximum Gasteiger partial charge on any atom is 0.310 e. The first kappa shape index (κ1) is 18.1. The van der Waals surface area contributed by atoms with E-state index in [4.69, 9.17) is 27.9 Å². The molecule has 1 aliphatic rings. The molecule has 1 fully saturated rings. The van der Waals surface area contributed by atoms with Crippen molar-refractivity contribution in [2.24, 2.45) is 17.3 Å². The number of hydrogen-bond donors (Lipinski definition) is 1. The van der Waals surface area contributed by atoms with Gasteiger partial charge in [-0.3, -0.25) is 4.79 Å². The van der Waals surface area contributed by atoms with Crippen LogP contribution in [0.25, 0.3) is 0 Å². The summed E-state index contributed by atoms with van der Waals surface area (Å²) in [5.74, 6) is -0.383. The number of halogens is 2. The van der Waals surface area contributed by atoms with Gasteiger partial charge in [0.1, 0.15) is 11.1 Å². The fourth-order valence-electron chi connectivity index (χ4n) is 3.36. The lowest BCUT2D eigenvalue weighted by Crippen LogP contribution is -2.11. The zero-order valence-corrected chi connectivity index (χ0v) is 15.8. The van der Waals surface area contributed by atoms with Gasteiger partial charge in [0.2, 0.25) is 0 Å². The molecule has 1 aliphatic carbocycles. The minimum absolute atomic E-state index is 0.0254. The molecule has 0 radical (unpaired) electrons. The molecule has 2 aromatic rings. The van der Waals surface area contributed by atoms with E-state index < -0.39 is 0 Å². The summed E-state index contributed by atoms with van der Waals surface area (Å²) < 4.78 is 5.75. The van der Waals surface area contributed by atoms with E-state index in [0.29, 0.717) is 0 Å². The SMILES string of the molecule is CC1(C)C(C=C(Cl)Cl)C1C(=O)OCc1[nH]ccc1Cc1ccccc1. The molecule has 1 heterocycles. The van der Waals surface area contributed by atoms with Crippen LogP contribution in [0.5, 0.6) is 0 Å². The Balaban J connectivity index is 1.61. The molecule has 5 heteroatoms. The molecule has 1 N–H and O–H groups in total. The number of H-pyrrole nitrogens is 1. The van der Waals surface area contributed by atoms with Crippen LogP contribution in [0.2, 0.25) is 0 Å². The van der Waals surface area contributed by atoms with Gasteiger partial charge in [0, 0.05) is 6.20 Å². The molecule has 25 heavy (non-hydrogen) atoms. The van der Waals surface area contributed by atoms with Gasteiger partial charge in [-0.25, -0.2) is 0 Å². The number of benzene rings is 1. The topological polar surface area (TPSA) is 42.1 Å². The number of carbonyl (C=O) groups excluding carboxylic acids is 1. The number of aromatic nitrogens is 1. The monoisotopic (exact) mass is 377 g/mol. The van der Waals surface area contributed by atoms with Crippen LogP contribution in [0.15, 0.2) is 53.2 Å². The van der Waals surface area contributed by atoms with Crippen LogP contribution in [-0.4, -0.2) is 11.0 Å². The van der Waals surface area contributed by atoms with Gasteiger partial charge in [-0.05, 0) is 41.0 Å². The molecule has 3 nitrogen and oxygen atoms in total. The molecule has 1 aromatic carbocycles. The summed E-state index contributed by atoms with van der Waals surface area (Å²) in [5, 5.41) is 0. The summed E-state index contributed by atoms with van der Waals surface area (Å²) in [6.07, 6.45) is 4.41. The van der Waals surface area contributed by atoms with Gasteiger partial charge in [0.05, 0.1) is 11.6 Å². The smallest absolute Gasteiger partial charge is 0.310 e. The third-order valence-electron chi connectivity index (χ3n) is 5.00. The highest BCUT2D eigenvalue weighted by atomic mass is 35.5. The number of carbonyl (C=O) groups is 1. The van der Waals surface area contributed by atoms with E-state index in [9.17, 15) is 4.79 Å². The molecule has 1 saturated carbocycles. The zero-order valence-electron chi connectivity index (χ0n) is 14.3. The summed E-state index contributed by atoms with van der Waals surface area (Å²) in [5.41, 5.74) is 3.11. The van der Waals surface area contributed by atoms with Crippen molar-refractivity contribution in [2.45, 2.75) is 26.9 Å². The molecule has 0 bridgehead atoms. The molecule has 2 atom stereocenters. The van der Waals surface area contributed by atoms with Crippen LogP contribution in [-0.2, 0) is 22.6 Å². The number of allylic oxidation sites excluding steroid dienone is 1. The third-order valence-corrected chi connectivity index (χ3v) is 5.25. The van der Waals surface area contributed by atoms with Crippen molar-refractivity contribution in [3.8, 4) is 0 Å². The average molecular weight is 378 g/mol. The van der Waals surface area contributed by atoms with Crippen LogP contribution >= 0.6 is 23.2 Å². The minimum Gasteiger partial charge on any atom is -0.459 e. The fourth-order valence-corrected chi connectivity index (χ4v) is 3.63. The Morgan fingerprint density at radius 3 is 2.64 bits per heavy atom. The number of esters is 1. The van der Waals surface area contributed by atoms with E-state index >= 15 is 0 Å². The summed E-state index contributed by atoms with van der Waals surface area (Å²) >= 11 is 11.5. The van der Waals surface area contributed by atoms with Crippen LogP contribution in [0, 0.1) is 17.3 Å². The number of hydrogen-bond acceptors (Lipinski definition) is 2. The Morgan fingerprint density at radius 1 is 1.24 bits per heavy atom. The van der Waals surface area contributed by atoms with Gasteiger partial charge in [-0.2, -0.15) is 0 Å². The Bertz CT molecular complexity index is 776. The standard InChI is InChI=1S/C20H21Cl2NO2/c1-20(2)15(11-17(21)22)18(20)19(24)25-12-16-14(8-9-23-16)10-13-6-4-3-5-7-13/h3-9,11,15,18,23H,10,12H2,1-2H3. The second kappa shape index (κ2) is 7.27. The van der Waals surface area contributed by atoms with E-state index in [2.05, 4.69) is 17.1 Å². The lowest BCUT2D eigenvalue weighted by molar-refractivity contribution is -0.147. The van der Waals surface area contributed by atoms with Crippen molar-refractivity contribution in [1.82, 2.24) is 4.98 Å². The Kier molecular flexibility index (Phi) is 5.26. The van der Waals surface area contributed by atoms with Crippen LogP contribution in [0.4, 0.5) is 0 Å². The number of rotatable bonds is 6. The van der Waals surface area contributed by atoms with Gasteiger partial charge in [0.25, 0.3) is 0 Å². The lowest BCUT2D eigenvalue weighted by Gasteiger charge is -2.07. The van der Waals surface area contributed by atoms with Gasteiger partial charge in [-0.1, -0.05) is 67.4 Å². The van der Waals surface area contributed by atoms with Crippen molar-refractivity contribution < 1.29 is 9.53 Å². The lowest BCUT2D eigenvalue weighted by atomic mass is 10.1. The van der Waals surface area contributed by atoms with E-state index in [1.165, 1.54) is 5.56 Å². The normalized spacial score (nSPS) is 20.8. The molecule has 2 unspecified atom stereocenters. The van der Waals surface area contributed by atoms with Crippen LogP contribution in [0.3, 0.4) is 0 Å². The van der Waals surface area contributed by atoms with E-state index in [0.717, 1.165) is 17.7 Å². The first-order valence-corrected chi connectivity index (χ1v) is 9.03. The summed E-state index contributed by atoms with van der Waals surface area (Å²) in [6, 6.07) is 12.2. The fraction of sp³-hybridized carbons (Fsp3) is 0.350. The second-order valence-corrected chi connectivity index (χ2v) is 8.04. The molecule has 1 aromatic heterocycles. The van der Waals surface area contributed by atoms with Crippen molar-refractivity contribution in [1.29, 1.82) is 0 Å². The molecule has 132 valence electrons. The molecule has 3 rings (SSSR count). The van der Waals surface area contributed by atoms with E-state index in [1.807, 2.05) is 44.3 Å². The summed E-state index contributed by atoms with van der Waals surface area (Å²) in [4.78, 5) is 15.6. The highest BCUT2D eigenvalue weighted by Crippen LogP contribution is 2.60. The van der Waals surface area contributed by atoms with Gasteiger partial charge in [-0.15, -0.1) is 0 Å². The number of nitrogens with one attached hydrogen (secondary N) is 1. The maximum atomic E-state index is 12.4. The van der Waals surface area contributed by atoms with Crippen LogP contribution < -0.4 is 0 Å². The average Bonchev–Trinajstić information content (AvgIpc) is 2.90. The third kappa shape index (κ3) is 4.10. The molecular weight excluding hydrogens is 357 g/mol. The maximum absolute atomic E-state index is 12.4. The Hall–Kier alpha value is -1.71. The molecular formula is C20H21Cl2NO2. The highest BCUT2D eigenvalue weighted by molar-refractivity contribution is 6.55. The van der Waals surface area contributed by atoms with Crippen molar-refractivity contribution in [3.63, 3.8) is 0 Å². The van der Waals surface area contributed by atoms with Crippen molar-refractivity contribution in [2.75, 3.05) is 0 Å². The molecule has 0 aliphatic heterocycles. The Morgan fingerprint density at radius 2 is 1.96 bits per heavy atom. The van der Waals surface area contributed by atoms with Gasteiger partial charge >= 0.3 is 5.97 Å². The van der Waals surface area contributed by atoms with E-state index in [-0.39, 0.29) is 34.3 Å². The molecule has 0 spiro atoms. The van der Waals surface area contributed by atoms with Gasteiger partial charge in [0.15, 0.2) is 0 Å². The number of ether oxygens (including phenoxy) is 1. The quantitative estimate of drug-likeness (QED) is 0.699. The first-order chi connectivity index (χ1) is 11.9. The van der Waals surface area contributed by atoms with Gasteiger partial charge < -0.3 is 9.72 Å². The highest BCUT2D eigenvalue weighted by Gasteiger charge is 2.61. The predicted molar refractivity (Wildman–Crippen MR) is 100 cm³/mol. The largest absolute Gasteiger partial charge is 0.459 e. The summed E-state index contributed by atoms with van der Waals surface area (Å²) in [6.45, 7) is 4.28.